The van der Waals surface area contributed by atoms with Crippen LogP contribution < -0.4 is 11.1 Å². The molecule has 9 aromatic carbocycles. The van der Waals surface area contributed by atoms with Crippen molar-refractivity contribution in [3.8, 4) is 27.9 Å². The molecule has 0 unspecified atom stereocenters. The SMILES string of the molecule is Cc1ccccc1-n1c(=O)c2c3cc(-c4ccccc4C(C)(C)C)c4ccc5ccc6c(-c7ccccc7C(C)(C)C)cc(c2c1=O)c1c6c5c4c31. The molecule has 1 heterocycles. The molecular weight excluding hydrogens is 635 g/mol. The molecule has 0 bridgehead atoms. The second-order valence-corrected chi connectivity index (χ2v) is 16.8. The Labute approximate surface area is 302 Å². The highest BCUT2D eigenvalue weighted by Crippen LogP contribution is 2.54. The number of hydrogen-bond donors (Lipinski definition) is 0. The minimum atomic E-state index is -0.259. The van der Waals surface area contributed by atoms with Gasteiger partial charge in [-0.05, 0) is 129 Å². The van der Waals surface area contributed by atoms with Gasteiger partial charge in [-0.1, -0.05) is 133 Å². The van der Waals surface area contributed by atoms with Gasteiger partial charge in [-0.2, -0.15) is 0 Å². The van der Waals surface area contributed by atoms with Crippen LogP contribution in [0.3, 0.4) is 0 Å². The molecule has 0 radical (unpaired) electrons. The van der Waals surface area contributed by atoms with Gasteiger partial charge < -0.3 is 0 Å². The summed E-state index contributed by atoms with van der Waals surface area (Å²) in [5.74, 6) is 0. The van der Waals surface area contributed by atoms with Crippen LogP contribution in [0.1, 0.15) is 58.2 Å². The number of aromatic nitrogens is 1. The number of nitrogens with zero attached hydrogens (tertiary/aromatic N) is 1. The molecule has 10 rings (SSSR count). The standard InChI is InChI=1S/C49H39NO2/c1-26-14-8-13-19-38(26)50-46(51)44-34-24-32(28-15-9-11-17-36(28)48(2,3)4)30-22-20-27-21-23-31-33(29-16-10-12-18-37(29)49(5,6)7)25-35(45(44)47(50)52)43-41(31)39(27)40(30)42(34)43/h8-25H,1-7H3. The van der Waals surface area contributed by atoms with E-state index in [0.29, 0.717) is 16.5 Å². The lowest BCUT2D eigenvalue weighted by Crippen LogP contribution is -2.24. The van der Waals surface area contributed by atoms with E-state index < -0.39 is 0 Å². The van der Waals surface area contributed by atoms with Gasteiger partial charge in [0.05, 0.1) is 16.5 Å². The summed E-state index contributed by atoms with van der Waals surface area (Å²) >= 11 is 0. The fourth-order valence-corrected chi connectivity index (χ4v) is 9.41. The van der Waals surface area contributed by atoms with Crippen LogP contribution in [0.2, 0.25) is 0 Å². The number of hydrogen-bond acceptors (Lipinski definition) is 2. The second kappa shape index (κ2) is 10.2. The Bertz CT molecular complexity index is 3000. The normalized spacial score (nSPS) is 13.1. The number of aryl methyl sites for hydroxylation is 1. The van der Waals surface area contributed by atoms with Crippen LogP contribution in [0.4, 0.5) is 0 Å². The molecule has 0 amide bonds. The lowest BCUT2D eigenvalue weighted by atomic mass is 9.80. The molecule has 10 aromatic rings. The van der Waals surface area contributed by atoms with Crippen molar-refractivity contribution in [2.45, 2.75) is 59.3 Å². The molecule has 0 aliphatic rings. The molecule has 0 fully saturated rings. The van der Waals surface area contributed by atoms with Gasteiger partial charge in [0.15, 0.2) is 0 Å². The highest BCUT2D eigenvalue weighted by Gasteiger charge is 2.31. The predicted molar refractivity (Wildman–Crippen MR) is 221 cm³/mol. The summed E-state index contributed by atoms with van der Waals surface area (Å²) in [7, 11) is 0. The van der Waals surface area contributed by atoms with E-state index in [4.69, 9.17) is 0 Å². The van der Waals surface area contributed by atoms with Gasteiger partial charge in [-0.3, -0.25) is 9.59 Å². The summed E-state index contributed by atoms with van der Waals surface area (Å²) in [5, 5.41) is 12.0. The summed E-state index contributed by atoms with van der Waals surface area (Å²) in [4.78, 5) is 30.0. The summed E-state index contributed by atoms with van der Waals surface area (Å²) < 4.78 is 1.42. The molecule has 0 atom stereocenters. The number of rotatable bonds is 3. The van der Waals surface area contributed by atoms with Crippen molar-refractivity contribution < 1.29 is 0 Å². The van der Waals surface area contributed by atoms with Crippen molar-refractivity contribution >= 4 is 64.6 Å². The summed E-state index contributed by atoms with van der Waals surface area (Å²) in [5.41, 5.74) is 7.76. The minimum Gasteiger partial charge on any atom is -0.268 e. The van der Waals surface area contributed by atoms with E-state index >= 15 is 9.59 Å². The van der Waals surface area contributed by atoms with Gasteiger partial charge in [0.1, 0.15) is 0 Å². The molecule has 0 aliphatic heterocycles. The Morgan fingerprint density at radius 1 is 0.423 bits per heavy atom. The zero-order valence-corrected chi connectivity index (χ0v) is 30.7. The van der Waals surface area contributed by atoms with Gasteiger partial charge in [-0.25, -0.2) is 4.57 Å². The highest BCUT2D eigenvalue weighted by molar-refractivity contribution is 6.50. The molecule has 0 spiro atoms. The van der Waals surface area contributed by atoms with E-state index in [1.54, 1.807) is 0 Å². The number of fused-ring (bicyclic) bond motifs is 3. The van der Waals surface area contributed by atoms with Gasteiger partial charge >= 0.3 is 0 Å². The molecule has 3 nitrogen and oxygen atoms in total. The zero-order chi connectivity index (χ0) is 36.0. The van der Waals surface area contributed by atoms with Crippen LogP contribution in [-0.4, -0.2) is 4.57 Å². The van der Waals surface area contributed by atoms with Crippen molar-refractivity contribution in [1.29, 1.82) is 0 Å². The fraction of sp³-hybridized carbons (Fsp3) is 0.184. The molecule has 0 saturated heterocycles. The Balaban J connectivity index is 1.51. The maximum atomic E-state index is 15.0. The van der Waals surface area contributed by atoms with E-state index in [1.165, 1.54) is 48.0 Å². The first-order valence-corrected chi connectivity index (χ1v) is 18.3. The van der Waals surface area contributed by atoms with Crippen LogP contribution in [0.25, 0.3) is 92.6 Å². The van der Waals surface area contributed by atoms with Crippen molar-refractivity contribution in [3.63, 3.8) is 0 Å². The fourth-order valence-electron chi connectivity index (χ4n) is 9.41. The molecule has 52 heavy (non-hydrogen) atoms. The third-order valence-corrected chi connectivity index (χ3v) is 11.7. The molecule has 3 heteroatoms. The molecule has 252 valence electrons. The van der Waals surface area contributed by atoms with E-state index in [0.717, 1.165) is 49.4 Å². The number of para-hydroxylation sites is 1. The predicted octanol–water partition coefficient (Wildman–Crippen LogP) is 12.1. The topological polar surface area (TPSA) is 39.1 Å². The molecule has 0 saturated carbocycles. The molecule has 0 N–H and O–H groups in total. The second-order valence-electron chi connectivity index (χ2n) is 16.8. The first kappa shape index (κ1) is 31.0. The Morgan fingerprint density at radius 3 is 1.31 bits per heavy atom. The maximum Gasteiger partial charge on any atom is 0.266 e. The van der Waals surface area contributed by atoms with E-state index in [9.17, 15) is 0 Å². The molecular formula is C49H39NO2. The third-order valence-electron chi connectivity index (χ3n) is 11.7. The molecule has 1 aromatic heterocycles. The highest BCUT2D eigenvalue weighted by atomic mass is 16.2. The average molecular weight is 674 g/mol. The average Bonchev–Trinajstić information content (AvgIpc) is 3.61. The first-order chi connectivity index (χ1) is 24.9. The summed E-state index contributed by atoms with van der Waals surface area (Å²) in [6, 6.07) is 38.5. The summed E-state index contributed by atoms with van der Waals surface area (Å²) in [6.07, 6.45) is 0. The number of benzene rings is 8. The van der Waals surface area contributed by atoms with Crippen LogP contribution in [0.5, 0.6) is 0 Å². The lowest BCUT2D eigenvalue weighted by molar-refractivity contribution is 0.592. The van der Waals surface area contributed by atoms with Crippen LogP contribution in [0, 0.1) is 6.92 Å². The van der Waals surface area contributed by atoms with E-state index in [-0.39, 0.29) is 21.9 Å². The Kier molecular flexibility index (Phi) is 6.06. The van der Waals surface area contributed by atoms with Crippen molar-refractivity contribution in [2.24, 2.45) is 0 Å². The van der Waals surface area contributed by atoms with Gasteiger partial charge in [-0.15, -0.1) is 0 Å². The summed E-state index contributed by atoms with van der Waals surface area (Å²) in [6.45, 7) is 15.5. The molecule has 0 aliphatic carbocycles. The Hall–Kier alpha value is -5.80. The van der Waals surface area contributed by atoms with Crippen molar-refractivity contribution in [1.82, 2.24) is 4.57 Å². The lowest BCUT2D eigenvalue weighted by Gasteiger charge is -2.24. The van der Waals surface area contributed by atoms with Crippen LogP contribution in [-0.2, 0) is 10.8 Å². The van der Waals surface area contributed by atoms with Crippen LogP contribution in [0.15, 0.2) is 119 Å². The van der Waals surface area contributed by atoms with E-state index in [1.807, 2.05) is 31.2 Å². The maximum absolute atomic E-state index is 15.0. The Morgan fingerprint density at radius 2 is 0.846 bits per heavy atom. The monoisotopic (exact) mass is 673 g/mol. The zero-order valence-electron chi connectivity index (χ0n) is 30.7. The first-order valence-electron chi connectivity index (χ1n) is 18.3. The van der Waals surface area contributed by atoms with Gasteiger partial charge in [0.25, 0.3) is 11.1 Å². The third kappa shape index (κ3) is 3.91. The van der Waals surface area contributed by atoms with E-state index in [2.05, 4.69) is 126 Å². The van der Waals surface area contributed by atoms with Gasteiger partial charge in [0.2, 0.25) is 0 Å². The van der Waals surface area contributed by atoms with Gasteiger partial charge in [0, 0.05) is 0 Å². The quantitative estimate of drug-likeness (QED) is 0.175. The van der Waals surface area contributed by atoms with Crippen molar-refractivity contribution in [3.05, 3.63) is 147 Å². The minimum absolute atomic E-state index is 0.111. The smallest absolute Gasteiger partial charge is 0.266 e. The largest absolute Gasteiger partial charge is 0.268 e. The van der Waals surface area contributed by atoms with Crippen LogP contribution >= 0.6 is 0 Å². The van der Waals surface area contributed by atoms with Crippen molar-refractivity contribution in [2.75, 3.05) is 0 Å².